The molecular formula is C32H34N2O5. The first-order valence-corrected chi connectivity index (χ1v) is 12.7. The second-order valence-electron chi connectivity index (χ2n) is 10.7. The molecule has 0 bridgehead atoms. The number of aromatic carboxylic acids is 1. The zero-order valence-corrected chi connectivity index (χ0v) is 22.9. The van der Waals surface area contributed by atoms with E-state index in [9.17, 15) is 19.8 Å². The van der Waals surface area contributed by atoms with Crippen LogP contribution in [0.2, 0.25) is 0 Å². The van der Waals surface area contributed by atoms with Crippen LogP contribution in [0.15, 0.2) is 69.9 Å². The number of benzene rings is 3. The van der Waals surface area contributed by atoms with Crippen LogP contribution in [0, 0.1) is 6.92 Å². The molecule has 0 saturated carbocycles. The van der Waals surface area contributed by atoms with Crippen LogP contribution in [0.4, 0.5) is 5.69 Å². The normalized spacial score (nSPS) is 12.9. The third-order valence-electron chi connectivity index (χ3n) is 6.42. The predicted molar refractivity (Wildman–Crippen MR) is 156 cm³/mol. The Bertz CT molecular complexity index is 1720. The van der Waals surface area contributed by atoms with Crippen LogP contribution in [0.25, 0.3) is 35.1 Å². The number of aryl methyl sites for hydroxylation is 1. The lowest BCUT2D eigenvalue weighted by atomic mass is 10.00. The Labute approximate surface area is 227 Å². The molecule has 3 aromatic carbocycles. The van der Waals surface area contributed by atoms with Crippen LogP contribution >= 0.6 is 0 Å². The quantitative estimate of drug-likeness (QED) is 0.311. The Morgan fingerprint density at radius 1 is 1.15 bits per heavy atom. The highest BCUT2D eigenvalue weighted by Gasteiger charge is 2.19. The van der Waals surface area contributed by atoms with Gasteiger partial charge in [0.1, 0.15) is 11.3 Å². The van der Waals surface area contributed by atoms with E-state index in [2.05, 4.69) is 11.9 Å². The van der Waals surface area contributed by atoms with Gasteiger partial charge in [-0.15, -0.1) is 0 Å². The number of hydrogen-bond donors (Lipinski definition) is 3. The van der Waals surface area contributed by atoms with Crippen molar-refractivity contribution in [3.05, 3.63) is 98.0 Å². The van der Waals surface area contributed by atoms with Crippen molar-refractivity contribution in [2.24, 2.45) is 0 Å². The number of nitrogens with one attached hydrogen (secondary N) is 1. The molecule has 0 aliphatic carbocycles. The van der Waals surface area contributed by atoms with Gasteiger partial charge in [0.05, 0.1) is 22.6 Å². The summed E-state index contributed by atoms with van der Waals surface area (Å²) < 4.78 is 6.39. The summed E-state index contributed by atoms with van der Waals surface area (Å²) in [6.07, 6.45) is 1.91. The second kappa shape index (κ2) is 10.8. The molecule has 202 valence electrons. The maximum absolute atomic E-state index is 13.3. The fraction of sp³-hybridized carbons (Fsp3) is 0.250. The lowest BCUT2D eigenvalue weighted by molar-refractivity contribution is 0.0604. The summed E-state index contributed by atoms with van der Waals surface area (Å²) in [5.41, 5.74) is 2.41. The molecule has 0 saturated heterocycles. The van der Waals surface area contributed by atoms with Gasteiger partial charge in [-0.2, -0.15) is 0 Å². The van der Waals surface area contributed by atoms with E-state index in [1.165, 1.54) is 6.07 Å². The summed E-state index contributed by atoms with van der Waals surface area (Å²) in [5.74, 6) is -0.613. The van der Waals surface area contributed by atoms with E-state index in [-0.39, 0.29) is 17.0 Å². The zero-order valence-electron chi connectivity index (χ0n) is 22.9. The van der Waals surface area contributed by atoms with Crippen molar-refractivity contribution in [3.8, 4) is 11.3 Å². The molecule has 1 heterocycles. The maximum atomic E-state index is 13.3. The van der Waals surface area contributed by atoms with E-state index >= 15 is 0 Å². The highest BCUT2D eigenvalue weighted by molar-refractivity contribution is 5.94. The molecule has 1 unspecified atom stereocenters. The van der Waals surface area contributed by atoms with Gasteiger partial charge in [-0.3, -0.25) is 4.79 Å². The van der Waals surface area contributed by atoms with Crippen LogP contribution in [0.1, 0.15) is 48.3 Å². The summed E-state index contributed by atoms with van der Waals surface area (Å²) in [4.78, 5) is 26.9. The van der Waals surface area contributed by atoms with Crippen molar-refractivity contribution in [2.45, 2.75) is 39.3 Å². The molecule has 0 aliphatic heterocycles. The SMILES string of the molecule is C=c1ccc(-c2cc(=O)c3cc(C)cc(C(C)Nc4ccccc4C(=O)O)c3o2)c/c1=C/N(C)CC(C)(C)O. The number of nitrogens with zero attached hydrogens (tertiary/aromatic N) is 1. The molecule has 39 heavy (non-hydrogen) atoms. The predicted octanol–water partition coefficient (Wildman–Crippen LogP) is 4.49. The Morgan fingerprint density at radius 3 is 2.56 bits per heavy atom. The molecule has 1 atom stereocenters. The topological polar surface area (TPSA) is 103 Å². The monoisotopic (exact) mass is 526 g/mol. The van der Waals surface area contributed by atoms with Gasteiger partial charge in [0.25, 0.3) is 0 Å². The average Bonchev–Trinajstić information content (AvgIpc) is 2.84. The van der Waals surface area contributed by atoms with E-state index in [0.717, 1.165) is 21.6 Å². The molecule has 0 spiro atoms. The number of carbonyl (C=O) groups is 1. The summed E-state index contributed by atoms with van der Waals surface area (Å²) >= 11 is 0. The van der Waals surface area contributed by atoms with Gasteiger partial charge >= 0.3 is 5.97 Å². The van der Waals surface area contributed by atoms with E-state index in [1.807, 2.05) is 56.3 Å². The van der Waals surface area contributed by atoms with Crippen LogP contribution in [-0.4, -0.2) is 40.3 Å². The number of carboxylic acids is 1. The Morgan fingerprint density at radius 2 is 1.87 bits per heavy atom. The minimum absolute atomic E-state index is 0.162. The van der Waals surface area contributed by atoms with Crippen molar-refractivity contribution in [3.63, 3.8) is 0 Å². The highest BCUT2D eigenvalue weighted by Crippen LogP contribution is 2.31. The molecule has 1 aromatic heterocycles. The average molecular weight is 527 g/mol. The lowest BCUT2D eigenvalue weighted by Gasteiger charge is -2.24. The highest BCUT2D eigenvalue weighted by atomic mass is 16.4. The molecule has 0 radical (unpaired) electrons. The number of hydrogen-bond acceptors (Lipinski definition) is 6. The summed E-state index contributed by atoms with van der Waals surface area (Å²) in [7, 11) is 1.88. The number of carboxylic acid groups (broad SMARTS) is 1. The Balaban J connectivity index is 1.82. The first-order valence-electron chi connectivity index (χ1n) is 12.7. The number of likely N-dealkylation sites (N-methyl/N-ethyl adjacent to an activating group) is 1. The van der Waals surface area contributed by atoms with E-state index in [0.29, 0.717) is 34.5 Å². The minimum Gasteiger partial charge on any atom is -0.478 e. The van der Waals surface area contributed by atoms with Crippen molar-refractivity contribution in [1.82, 2.24) is 4.90 Å². The van der Waals surface area contributed by atoms with Crippen LogP contribution in [0.3, 0.4) is 0 Å². The summed E-state index contributed by atoms with van der Waals surface area (Å²) in [6, 6.07) is 17.2. The summed E-state index contributed by atoms with van der Waals surface area (Å²) in [6.45, 7) is 11.9. The van der Waals surface area contributed by atoms with Crippen molar-refractivity contribution < 1.29 is 19.4 Å². The third kappa shape index (κ3) is 6.38. The molecular weight excluding hydrogens is 492 g/mol. The first-order chi connectivity index (χ1) is 18.3. The second-order valence-corrected chi connectivity index (χ2v) is 10.7. The van der Waals surface area contributed by atoms with Crippen molar-refractivity contribution in [1.29, 1.82) is 0 Å². The van der Waals surface area contributed by atoms with E-state index < -0.39 is 11.6 Å². The first kappa shape index (κ1) is 27.7. The van der Waals surface area contributed by atoms with Crippen LogP contribution in [0.5, 0.6) is 0 Å². The van der Waals surface area contributed by atoms with Crippen molar-refractivity contribution >= 4 is 35.4 Å². The van der Waals surface area contributed by atoms with Crippen LogP contribution < -0.4 is 21.2 Å². The smallest absolute Gasteiger partial charge is 0.337 e. The third-order valence-corrected chi connectivity index (χ3v) is 6.42. The Hall–Kier alpha value is -4.36. The van der Waals surface area contributed by atoms with E-state index in [4.69, 9.17) is 4.42 Å². The van der Waals surface area contributed by atoms with Gasteiger partial charge in [-0.25, -0.2) is 4.79 Å². The fourth-order valence-electron chi connectivity index (χ4n) is 4.77. The fourth-order valence-corrected chi connectivity index (χ4v) is 4.77. The van der Waals surface area contributed by atoms with Gasteiger partial charge in [0, 0.05) is 42.7 Å². The summed E-state index contributed by atoms with van der Waals surface area (Å²) in [5, 5.41) is 25.1. The van der Waals surface area contributed by atoms with Gasteiger partial charge in [0.2, 0.25) is 0 Å². The molecule has 4 rings (SSSR count). The molecule has 0 fully saturated rings. The van der Waals surface area contributed by atoms with Crippen LogP contribution in [-0.2, 0) is 0 Å². The van der Waals surface area contributed by atoms with Gasteiger partial charge in [-0.1, -0.05) is 36.9 Å². The Kier molecular flexibility index (Phi) is 7.65. The zero-order chi connectivity index (χ0) is 28.5. The minimum atomic E-state index is -1.03. The number of para-hydroxylation sites is 1. The molecule has 4 aromatic rings. The molecule has 7 heteroatoms. The molecule has 0 amide bonds. The van der Waals surface area contributed by atoms with E-state index in [1.54, 1.807) is 44.2 Å². The number of anilines is 1. The maximum Gasteiger partial charge on any atom is 0.337 e. The number of rotatable bonds is 8. The largest absolute Gasteiger partial charge is 0.478 e. The van der Waals surface area contributed by atoms with Gasteiger partial charge in [-0.05, 0) is 68.0 Å². The number of fused-ring (bicyclic) bond motifs is 1. The molecule has 0 aliphatic rings. The van der Waals surface area contributed by atoms with Gasteiger partial charge in [0.15, 0.2) is 5.43 Å². The standard InChI is InChI=1S/C32H34N2O5/c1-19-13-25(21(3)33-27-10-8-7-9-24(27)31(36)37)30-26(14-19)28(35)16-29(39-30)22-12-11-20(2)23(15-22)17-34(6)18-32(4,5)38/h7-17,21,33,38H,2,18H2,1,3-6H3,(H,36,37)/b23-17-. The lowest BCUT2D eigenvalue weighted by Crippen LogP contribution is -2.36. The van der Waals surface area contributed by atoms with Crippen molar-refractivity contribution in [2.75, 3.05) is 18.9 Å². The van der Waals surface area contributed by atoms with Gasteiger partial charge < -0.3 is 24.8 Å². The molecule has 3 N–H and O–H groups in total. The molecule has 7 nitrogen and oxygen atoms in total. The number of aliphatic hydroxyl groups is 1.